The Kier molecular flexibility index (Phi) is 6.77. The number of benzene rings is 2. The molecule has 0 amide bonds. The second-order valence-electron chi connectivity index (χ2n) is 5.39. The SMILES string of the molecule is COc1ccc(C(=O)CNCCc2ccc(OC)c(OC)c2)cc1F. The highest BCUT2D eigenvalue weighted by atomic mass is 19.1. The molecule has 134 valence electrons. The van der Waals surface area contributed by atoms with Crippen LogP contribution in [0.5, 0.6) is 17.2 Å². The van der Waals surface area contributed by atoms with Crippen LogP contribution in [0, 0.1) is 5.82 Å². The third-order valence-electron chi connectivity index (χ3n) is 3.80. The zero-order valence-electron chi connectivity index (χ0n) is 14.6. The fourth-order valence-electron chi connectivity index (χ4n) is 2.41. The number of rotatable bonds is 9. The third kappa shape index (κ3) is 4.93. The summed E-state index contributed by atoms with van der Waals surface area (Å²) >= 11 is 0. The van der Waals surface area contributed by atoms with Gasteiger partial charge >= 0.3 is 0 Å². The molecule has 0 spiro atoms. The number of carbonyl (C=O) groups excluding carboxylic acids is 1. The molecule has 0 radical (unpaired) electrons. The van der Waals surface area contributed by atoms with Crippen LogP contribution in [0.2, 0.25) is 0 Å². The molecule has 0 aliphatic rings. The van der Waals surface area contributed by atoms with Crippen LogP contribution in [0.15, 0.2) is 36.4 Å². The van der Waals surface area contributed by atoms with Crippen molar-refractivity contribution in [3.05, 3.63) is 53.3 Å². The molecule has 0 fully saturated rings. The van der Waals surface area contributed by atoms with E-state index in [-0.39, 0.29) is 18.1 Å². The Morgan fingerprint density at radius 2 is 1.64 bits per heavy atom. The zero-order chi connectivity index (χ0) is 18.2. The highest BCUT2D eigenvalue weighted by Gasteiger charge is 2.10. The molecule has 0 atom stereocenters. The Morgan fingerprint density at radius 3 is 2.28 bits per heavy atom. The Hall–Kier alpha value is -2.60. The second-order valence-corrected chi connectivity index (χ2v) is 5.39. The minimum atomic E-state index is -0.543. The number of carbonyl (C=O) groups is 1. The van der Waals surface area contributed by atoms with E-state index in [1.807, 2.05) is 18.2 Å². The van der Waals surface area contributed by atoms with Crippen molar-refractivity contribution in [1.82, 2.24) is 5.32 Å². The van der Waals surface area contributed by atoms with Crippen molar-refractivity contribution in [1.29, 1.82) is 0 Å². The molecule has 0 saturated heterocycles. The van der Waals surface area contributed by atoms with Gasteiger partial charge in [-0.3, -0.25) is 4.79 Å². The van der Waals surface area contributed by atoms with Gasteiger partial charge in [-0.15, -0.1) is 0 Å². The Morgan fingerprint density at radius 1 is 0.960 bits per heavy atom. The fourth-order valence-corrected chi connectivity index (χ4v) is 2.41. The minimum absolute atomic E-state index is 0.123. The number of hydrogen-bond donors (Lipinski definition) is 1. The lowest BCUT2D eigenvalue weighted by Crippen LogP contribution is -2.25. The molecule has 5 nitrogen and oxygen atoms in total. The first-order valence-corrected chi connectivity index (χ1v) is 7.87. The van der Waals surface area contributed by atoms with Crippen molar-refractivity contribution in [3.63, 3.8) is 0 Å². The van der Waals surface area contributed by atoms with Crippen LogP contribution in [0.1, 0.15) is 15.9 Å². The van der Waals surface area contributed by atoms with Gasteiger partial charge in [-0.1, -0.05) is 6.07 Å². The lowest BCUT2D eigenvalue weighted by molar-refractivity contribution is 0.0991. The molecule has 0 heterocycles. The monoisotopic (exact) mass is 347 g/mol. The highest BCUT2D eigenvalue weighted by Crippen LogP contribution is 2.27. The van der Waals surface area contributed by atoms with E-state index in [0.717, 1.165) is 12.0 Å². The van der Waals surface area contributed by atoms with E-state index >= 15 is 0 Å². The Bertz CT molecular complexity index is 733. The maximum atomic E-state index is 13.6. The van der Waals surface area contributed by atoms with Gasteiger partial charge in [-0.2, -0.15) is 0 Å². The summed E-state index contributed by atoms with van der Waals surface area (Å²) in [5, 5.41) is 3.07. The Labute approximate surface area is 146 Å². The number of halogens is 1. The average Bonchev–Trinajstić information content (AvgIpc) is 2.64. The van der Waals surface area contributed by atoms with E-state index < -0.39 is 5.82 Å². The minimum Gasteiger partial charge on any atom is -0.494 e. The molecule has 2 rings (SSSR count). The van der Waals surface area contributed by atoms with Crippen LogP contribution in [-0.4, -0.2) is 40.2 Å². The number of Topliss-reactive ketones (excluding diaryl/α,β-unsaturated/α-hetero) is 1. The van der Waals surface area contributed by atoms with E-state index in [4.69, 9.17) is 14.2 Å². The molecule has 0 unspecified atom stereocenters. The molecular weight excluding hydrogens is 325 g/mol. The van der Waals surface area contributed by atoms with Crippen LogP contribution < -0.4 is 19.5 Å². The van der Waals surface area contributed by atoms with Crippen molar-refractivity contribution in [2.24, 2.45) is 0 Å². The smallest absolute Gasteiger partial charge is 0.176 e. The quantitative estimate of drug-likeness (QED) is 0.558. The first-order valence-electron chi connectivity index (χ1n) is 7.87. The van der Waals surface area contributed by atoms with Gasteiger partial charge in [0.1, 0.15) is 0 Å². The van der Waals surface area contributed by atoms with Gasteiger partial charge in [-0.25, -0.2) is 4.39 Å². The number of ether oxygens (including phenoxy) is 3. The van der Waals surface area contributed by atoms with Gasteiger partial charge in [0.15, 0.2) is 28.8 Å². The number of nitrogens with one attached hydrogen (secondary N) is 1. The summed E-state index contributed by atoms with van der Waals surface area (Å²) in [6.45, 7) is 0.749. The standard InChI is InChI=1S/C19H22FNO4/c1-23-17-7-5-14(11-15(17)20)16(22)12-21-9-8-13-4-6-18(24-2)19(10-13)25-3/h4-7,10-11,21H,8-9,12H2,1-3H3. The van der Waals surface area contributed by atoms with Crippen LogP contribution in [0.3, 0.4) is 0 Å². The van der Waals surface area contributed by atoms with Crippen LogP contribution in [-0.2, 0) is 6.42 Å². The van der Waals surface area contributed by atoms with E-state index in [2.05, 4.69) is 5.32 Å². The van der Waals surface area contributed by atoms with Crippen molar-refractivity contribution >= 4 is 5.78 Å². The molecular formula is C19H22FNO4. The largest absolute Gasteiger partial charge is 0.494 e. The van der Waals surface area contributed by atoms with E-state index in [1.54, 1.807) is 20.3 Å². The maximum absolute atomic E-state index is 13.6. The van der Waals surface area contributed by atoms with E-state index in [9.17, 15) is 9.18 Å². The van der Waals surface area contributed by atoms with Crippen LogP contribution in [0.25, 0.3) is 0 Å². The van der Waals surface area contributed by atoms with Crippen LogP contribution >= 0.6 is 0 Å². The van der Waals surface area contributed by atoms with Gasteiger partial charge in [-0.05, 0) is 48.9 Å². The van der Waals surface area contributed by atoms with Crippen molar-refractivity contribution in [2.45, 2.75) is 6.42 Å². The highest BCUT2D eigenvalue weighted by molar-refractivity contribution is 5.97. The van der Waals surface area contributed by atoms with Gasteiger partial charge in [0.2, 0.25) is 0 Å². The number of methoxy groups -OCH3 is 3. The lowest BCUT2D eigenvalue weighted by Gasteiger charge is -2.10. The zero-order valence-corrected chi connectivity index (χ0v) is 14.6. The number of hydrogen-bond acceptors (Lipinski definition) is 5. The summed E-state index contributed by atoms with van der Waals surface area (Å²) in [6.07, 6.45) is 0.727. The molecule has 25 heavy (non-hydrogen) atoms. The number of ketones is 1. The normalized spacial score (nSPS) is 10.4. The average molecular weight is 347 g/mol. The molecule has 0 aliphatic heterocycles. The molecule has 0 aromatic heterocycles. The third-order valence-corrected chi connectivity index (χ3v) is 3.80. The van der Waals surface area contributed by atoms with Gasteiger partial charge in [0, 0.05) is 5.56 Å². The van der Waals surface area contributed by atoms with Crippen molar-refractivity contribution < 1.29 is 23.4 Å². The summed E-state index contributed by atoms with van der Waals surface area (Å²) in [7, 11) is 4.56. The van der Waals surface area contributed by atoms with Gasteiger partial charge in [0.25, 0.3) is 0 Å². The summed E-state index contributed by atoms with van der Waals surface area (Å²) in [5.41, 5.74) is 1.38. The summed E-state index contributed by atoms with van der Waals surface area (Å²) in [6, 6.07) is 9.90. The van der Waals surface area contributed by atoms with Crippen molar-refractivity contribution in [2.75, 3.05) is 34.4 Å². The molecule has 6 heteroatoms. The molecule has 0 aliphatic carbocycles. The van der Waals surface area contributed by atoms with Gasteiger partial charge in [0.05, 0.1) is 27.9 Å². The molecule has 2 aromatic carbocycles. The second kappa shape index (κ2) is 9.03. The topological polar surface area (TPSA) is 56.8 Å². The summed E-state index contributed by atoms with van der Waals surface area (Å²) in [5.74, 6) is 0.756. The summed E-state index contributed by atoms with van der Waals surface area (Å²) < 4.78 is 28.9. The lowest BCUT2D eigenvalue weighted by atomic mass is 10.1. The first-order chi connectivity index (χ1) is 12.1. The first kappa shape index (κ1) is 18.7. The van der Waals surface area contributed by atoms with Crippen molar-refractivity contribution in [3.8, 4) is 17.2 Å². The molecule has 0 saturated carbocycles. The van der Waals surface area contributed by atoms with Crippen LogP contribution in [0.4, 0.5) is 4.39 Å². The Balaban J connectivity index is 1.84. The molecule has 1 N–H and O–H groups in total. The predicted octanol–water partition coefficient (Wildman–Crippen LogP) is 2.87. The van der Waals surface area contributed by atoms with E-state index in [0.29, 0.717) is 23.6 Å². The summed E-state index contributed by atoms with van der Waals surface area (Å²) in [4.78, 5) is 12.1. The predicted molar refractivity (Wildman–Crippen MR) is 93.4 cm³/mol. The fraction of sp³-hybridized carbons (Fsp3) is 0.316. The molecule has 2 aromatic rings. The van der Waals surface area contributed by atoms with E-state index in [1.165, 1.54) is 19.2 Å². The molecule has 0 bridgehead atoms. The maximum Gasteiger partial charge on any atom is 0.176 e. The van der Waals surface area contributed by atoms with Gasteiger partial charge < -0.3 is 19.5 Å².